The summed E-state index contributed by atoms with van der Waals surface area (Å²) in [5, 5.41) is 11.7. The Bertz CT molecular complexity index is 1380. The number of H-pyrrole nitrogens is 1. The van der Waals surface area contributed by atoms with Gasteiger partial charge in [0, 0.05) is 15.7 Å². The number of fused-ring (bicyclic) bond motifs is 2. The van der Waals surface area contributed by atoms with Crippen LogP contribution in [0.2, 0.25) is 0 Å². The van der Waals surface area contributed by atoms with Crippen molar-refractivity contribution in [2.45, 2.75) is 37.4 Å². The molecule has 1 N–H and O–H groups in total. The molecule has 1 saturated carbocycles. The molecule has 8 heteroatoms. The monoisotopic (exact) mass is 504 g/mol. The average molecular weight is 505 g/mol. The Morgan fingerprint density at radius 2 is 2.12 bits per heavy atom. The number of hydrazone groups is 1. The standard InChI is InChI=1S/C26H24N4OS3/c1-16-9-10-20-21(13-16)28-26(27-20)34-15-23(31)30-25(22-8-4-12-33-22)19-7-2-5-17(24(19)29-30)14-18-6-3-11-32-18/h3-4,6,8-14,19,25H,2,5,7,15H2,1H3,(H,27,28)/b17-14+. The van der Waals surface area contributed by atoms with Crippen LogP contribution in [0.1, 0.15) is 40.6 Å². The second-order valence-corrected chi connectivity index (χ2v) is 11.6. The predicted octanol–water partition coefficient (Wildman–Crippen LogP) is 6.91. The number of amides is 1. The third kappa shape index (κ3) is 4.15. The molecule has 1 fully saturated rings. The van der Waals surface area contributed by atoms with Crippen LogP contribution in [0.4, 0.5) is 0 Å². The van der Waals surface area contributed by atoms with Crippen LogP contribution in [0.25, 0.3) is 17.1 Å². The fraction of sp³-hybridized carbons (Fsp3) is 0.269. The predicted molar refractivity (Wildman–Crippen MR) is 143 cm³/mol. The number of rotatable bonds is 5. The number of aromatic nitrogens is 2. The van der Waals surface area contributed by atoms with Gasteiger partial charge in [-0.3, -0.25) is 4.79 Å². The molecule has 0 spiro atoms. The van der Waals surface area contributed by atoms with Gasteiger partial charge in [-0.25, -0.2) is 9.99 Å². The maximum Gasteiger partial charge on any atom is 0.253 e. The lowest BCUT2D eigenvalue weighted by Crippen LogP contribution is -2.32. The van der Waals surface area contributed by atoms with E-state index in [-0.39, 0.29) is 17.9 Å². The number of aryl methyl sites for hydroxylation is 1. The average Bonchev–Trinajstić information content (AvgIpc) is 3.63. The van der Waals surface area contributed by atoms with Crippen molar-refractivity contribution in [1.82, 2.24) is 15.0 Å². The highest BCUT2D eigenvalue weighted by molar-refractivity contribution is 7.99. The van der Waals surface area contributed by atoms with Crippen LogP contribution in [-0.2, 0) is 4.79 Å². The fourth-order valence-corrected chi connectivity index (χ4v) is 7.15. The van der Waals surface area contributed by atoms with Gasteiger partial charge in [0.05, 0.1) is 28.5 Å². The zero-order valence-corrected chi connectivity index (χ0v) is 21.2. The van der Waals surface area contributed by atoms with Crippen LogP contribution < -0.4 is 0 Å². The van der Waals surface area contributed by atoms with Crippen molar-refractivity contribution in [1.29, 1.82) is 0 Å². The number of carbonyl (C=O) groups is 1. The molecule has 2 atom stereocenters. The fourth-order valence-electron chi connectivity index (χ4n) is 4.85. The van der Waals surface area contributed by atoms with Crippen molar-refractivity contribution in [2.75, 3.05) is 5.75 Å². The van der Waals surface area contributed by atoms with Gasteiger partial charge >= 0.3 is 0 Å². The van der Waals surface area contributed by atoms with E-state index in [1.165, 1.54) is 32.7 Å². The summed E-state index contributed by atoms with van der Waals surface area (Å²) < 4.78 is 0. The molecule has 4 aromatic rings. The van der Waals surface area contributed by atoms with E-state index in [2.05, 4.69) is 70.1 Å². The van der Waals surface area contributed by atoms with Gasteiger partial charge in [0.25, 0.3) is 5.91 Å². The number of thioether (sulfide) groups is 1. The van der Waals surface area contributed by atoms with E-state index in [4.69, 9.17) is 5.10 Å². The first kappa shape index (κ1) is 21.8. The van der Waals surface area contributed by atoms with Crippen molar-refractivity contribution < 1.29 is 4.79 Å². The number of nitrogens with one attached hydrogen (secondary N) is 1. The van der Waals surface area contributed by atoms with Crippen molar-refractivity contribution in [3.8, 4) is 0 Å². The summed E-state index contributed by atoms with van der Waals surface area (Å²) in [6, 6.07) is 14.6. The summed E-state index contributed by atoms with van der Waals surface area (Å²) in [5.74, 6) is 0.577. The summed E-state index contributed by atoms with van der Waals surface area (Å²) in [4.78, 5) is 23.9. The maximum absolute atomic E-state index is 13.5. The van der Waals surface area contributed by atoms with E-state index >= 15 is 0 Å². The first-order chi connectivity index (χ1) is 16.7. The van der Waals surface area contributed by atoms with Gasteiger partial charge in [-0.05, 0) is 78.4 Å². The van der Waals surface area contributed by atoms with Gasteiger partial charge < -0.3 is 4.98 Å². The Labute approximate surface area is 210 Å². The summed E-state index contributed by atoms with van der Waals surface area (Å²) >= 11 is 4.90. The van der Waals surface area contributed by atoms with E-state index in [9.17, 15) is 4.79 Å². The molecule has 1 aliphatic heterocycles. The Hall–Kier alpha value is -2.68. The number of imidazole rings is 1. The molecule has 4 heterocycles. The number of allylic oxidation sites excluding steroid dienone is 1. The van der Waals surface area contributed by atoms with Gasteiger partial charge in [0.2, 0.25) is 0 Å². The van der Waals surface area contributed by atoms with E-state index in [0.29, 0.717) is 5.75 Å². The molecule has 172 valence electrons. The number of nitrogens with zero attached hydrogens (tertiary/aromatic N) is 3. The summed E-state index contributed by atoms with van der Waals surface area (Å²) in [5.41, 5.74) is 5.48. The Balaban J connectivity index is 1.27. The van der Waals surface area contributed by atoms with Gasteiger partial charge in [0.15, 0.2) is 5.16 Å². The van der Waals surface area contributed by atoms with Crippen molar-refractivity contribution in [3.05, 3.63) is 74.1 Å². The smallest absolute Gasteiger partial charge is 0.253 e. The molecule has 0 saturated heterocycles. The van der Waals surface area contributed by atoms with Crippen LogP contribution in [0.15, 0.2) is 69.1 Å². The van der Waals surface area contributed by atoms with Gasteiger partial charge in [0.1, 0.15) is 0 Å². The highest BCUT2D eigenvalue weighted by Gasteiger charge is 2.44. The quantitative estimate of drug-likeness (QED) is 0.300. The van der Waals surface area contributed by atoms with Gasteiger partial charge in [-0.2, -0.15) is 5.10 Å². The third-order valence-electron chi connectivity index (χ3n) is 6.40. The highest BCUT2D eigenvalue weighted by atomic mass is 32.2. The number of carbonyl (C=O) groups excluding carboxylic acids is 1. The topological polar surface area (TPSA) is 61.4 Å². The molecule has 1 amide bonds. The van der Waals surface area contributed by atoms with Crippen LogP contribution in [0, 0.1) is 12.8 Å². The molecule has 1 aliphatic carbocycles. The zero-order valence-electron chi connectivity index (χ0n) is 18.7. The molecule has 2 aliphatic rings. The molecule has 6 rings (SSSR count). The van der Waals surface area contributed by atoms with E-state index in [1.54, 1.807) is 27.7 Å². The molecule has 0 radical (unpaired) electrons. The molecule has 2 unspecified atom stereocenters. The Morgan fingerprint density at radius 1 is 1.24 bits per heavy atom. The number of benzene rings is 1. The van der Waals surface area contributed by atoms with Crippen molar-refractivity contribution >= 4 is 63.2 Å². The largest absolute Gasteiger partial charge is 0.333 e. The minimum atomic E-state index is -0.0199. The first-order valence-electron chi connectivity index (χ1n) is 11.4. The molecule has 1 aromatic carbocycles. The molecular weight excluding hydrogens is 481 g/mol. The second-order valence-electron chi connectivity index (χ2n) is 8.72. The van der Waals surface area contributed by atoms with Crippen LogP contribution in [-0.4, -0.2) is 32.3 Å². The maximum atomic E-state index is 13.5. The first-order valence-corrected chi connectivity index (χ1v) is 14.2. The molecule has 0 bridgehead atoms. The lowest BCUT2D eigenvalue weighted by atomic mass is 9.79. The molecule has 3 aromatic heterocycles. The summed E-state index contributed by atoms with van der Waals surface area (Å²) in [6.07, 6.45) is 5.46. The minimum absolute atomic E-state index is 0.0199. The third-order valence-corrected chi connectivity index (χ3v) is 9.02. The highest BCUT2D eigenvalue weighted by Crippen LogP contribution is 2.46. The van der Waals surface area contributed by atoms with E-state index in [0.717, 1.165) is 41.2 Å². The zero-order chi connectivity index (χ0) is 23.1. The number of hydrogen-bond acceptors (Lipinski definition) is 6. The Kier molecular flexibility index (Phi) is 5.89. The van der Waals surface area contributed by atoms with E-state index < -0.39 is 0 Å². The lowest BCUT2D eigenvalue weighted by molar-refractivity contribution is -0.130. The van der Waals surface area contributed by atoms with Gasteiger partial charge in [-0.15, -0.1) is 22.7 Å². The summed E-state index contributed by atoms with van der Waals surface area (Å²) in [7, 11) is 0. The molecule has 34 heavy (non-hydrogen) atoms. The second kappa shape index (κ2) is 9.17. The van der Waals surface area contributed by atoms with Crippen LogP contribution in [0.5, 0.6) is 0 Å². The van der Waals surface area contributed by atoms with E-state index in [1.807, 2.05) is 6.07 Å². The summed E-state index contributed by atoms with van der Waals surface area (Å²) in [6.45, 7) is 2.06. The SMILES string of the molecule is Cc1ccc2nc(SCC(=O)N3N=C4/C(=C/c5cccs5)CCCC4C3c3cccs3)[nH]c2c1. The number of hydrogen-bond donors (Lipinski definition) is 1. The van der Waals surface area contributed by atoms with Crippen LogP contribution in [0.3, 0.4) is 0 Å². The lowest BCUT2D eigenvalue weighted by Gasteiger charge is -2.28. The molecular formula is C26H24N4OS3. The van der Waals surface area contributed by atoms with Crippen molar-refractivity contribution in [2.24, 2.45) is 11.0 Å². The van der Waals surface area contributed by atoms with Crippen molar-refractivity contribution in [3.63, 3.8) is 0 Å². The van der Waals surface area contributed by atoms with Crippen LogP contribution >= 0.6 is 34.4 Å². The van der Waals surface area contributed by atoms with Gasteiger partial charge in [-0.1, -0.05) is 30.0 Å². The number of thiophene rings is 2. The minimum Gasteiger partial charge on any atom is -0.333 e. The number of aromatic amines is 1. The Morgan fingerprint density at radius 3 is 2.94 bits per heavy atom. The normalized spacial score (nSPS) is 21.3. The molecule has 5 nitrogen and oxygen atoms in total.